The zero-order chi connectivity index (χ0) is 22.0. The maximum atomic E-state index is 13.2. The van der Waals surface area contributed by atoms with Crippen molar-refractivity contribution < 1.29 is 19.5 Å². The van der Waals surface area contributed by atoms with Crippen molar-refractivity contribution in [1.29, 1.82) is 0 Å². The first-order valence-corrected chi connectivity index (χ1v) is 12.6. The van der Waals surface area contributed by atoms with E-state index in [0.717, 1.165) is 23.7 Å². The number of rotatable bonds is 10. The number of carboxylic acids is 1. The van der Waals surface area contributed by atoms with Gasteiger partial charge in [-0.1, -0.05) is 42.1 Å². The van der Waals surface area contributed by atoms with Crippen molar-refractivity contribution >= 4 is 29.1 Å². The Kier molecular flexibility index (Phi) is 7.17. The Labute approximate surface area is 188 Å². The Balaban J connectivity index is 1.39. The maximum Gasteiger partial charge on any atom is 0.320 e. The van der Waals surface area contributed by atoms with Gasteiger partial charge in [-0.2, -0.15) is 0 Å². The molecule has 4 aliphatic rings. The van der Waals surface area contributed by atoms with E-state index in [1.165, 1.54) is 43.9 Å². The van der Waals surface area contributed by atoms with Gasteiger partial charge in [-0.3, -0.25) is 14.9 Å². The zero-order valence-corrected chi connectivity index (χ0v) is 18.9. The van der Waals surface area contributed by atoms with E-state index in [1.807, 2.05) is 30.3 Å². The molecule has 4 saturated carbocycles. The number of aliphatic carboxylic acids is 1. The highest BCUT2D eigenvalue weighted by atomic mass is 32.2. The monoisotopic (exact) mass is 443 g/mol. The van der Waals surface area contributed by atoms with Crippen LogP contribution in [0.25, 0.3) is 0 Å². The van der Waals surface area contributed by atoms with Crippen LogP contribution < -0.4 is 5.32 Å². The molecule has 0 heterocycles. The van der Waals surface area contributed by atoms with Crippen LogP contribution in [-0.2, 0) is 14.4 Å². The lowest BCUT2D eigenvalue weighted by molar-refractivity contribution is -0.139. The van der Waals surface area contributed by atoms with Gasteiger partial charge in [0, 0.05) is 17.6 Å². The van der Waals surface area contributed by atoms with Gasteiger partial charge < -0.3 is 9.90 Å². The molecule has 0 aliphatic heterocycles. The Morgan fingerprint density at radius 2 is 1.71 bits per heavy atom. The molecular weight excluding hydrogens is 410 g/mol. The van der Waals surface area contributed by atoms with Crippen molar-refractivity contribution in [2.45, 2.75) is 63.5 Å². The van der Waals surface area contributed by atoms with Crippen LogP contribution >= 0.6 is 11.8 Å². The van der Waals surface area contributed by atoms with Gasteiger partial charge in [0.05, 0.1) is 6.04 Å². The molecule has 2 unspecified atom stereocenters. The molecule has 0 saturated heterocycles. The van der Waals surface area contributed by atoms with Gasteiger partial charge in [-0.25, -0.2) is 0 Å². The van der Waals surface area contributed by atoms with Crippen LogP contribution in [0.15, 0.2) is 30.3 Å². The molecule has 0 radical (unpaired) electrons. The van der Waals surface area contributed by atoms with Crippen LogP contribution in [-0.4, -0.2) is 40.3 Å². The van der Waals surface area contributed by atoms with Crippen LogP contribution in [0.3, 0.4) is 0 Å². The molecule has 0 aromatic heterocycles. The maximum absolute atomic E-state index is 13.2. The number of hydrogen-bond acceptors (Lipinski definition) is 5. The predicted octanol–water partition coefficient (Wildman–Crippen LogP) is 4.12. The average molecular weight is 444 g/mol. The Bertz CT molecular complexity index is 770. The van der Waals surface area contributed by atoms with Gasteiger partial charge >= 0.3 is 5.97 Å². The van der Waals surface area contributed by atoms with E-state index in [2.05, 4.69) is 5.32 Å². The summed E-state index contributed by atoms with van der Waals surface area (Å²) in [5.41, 5.74) is 0.993. The number of hydrogen-bond donors (Lipinski definition) is 2. The Morgan fingerprint density at radius 3 is 2.26 bits per heavy atom. The van der Waals surface area contributed by atoms with E-state index < -0.39 is 18.1 Å². The predicted molar refractivity (Wildman–Crippen MR) is 122 cm³/mol. The average Bonchev–Trinajstić information content (AvgIpc) is 2.75. The summed E-state index contributed by atoms with van der Waals surface area (Å²) in [4.78, 5) is 36.3. The summed E-state index contributed by atoms with van der Waals surface area (Å²) >= 11 is 1.43. The highest BCUT2D eigenvalue weighted by molar-refractivity contribution is 8.13. The number of carboxylic acid groups (broad SMARTS) is 1. The second-order valence-electron chi connectivity index (χ2n) is 9.82. The molecule has 4 fully saturated rings. The van der Waals surface area contributed by atoms with Crippen LogP contribution in [0.5, 0.6) is 0 Å². The molecule has 0 amide bonds. The molecule has 168 valence electrons. The van der Waals surface area contributed by atoms with Crippen molar-refractivity contribution in [3.63, 3.8) is 0 Å². The fourth-order valence-corrected chi connectivity index (χ4v) is 7.71. The van der Waals surface area contributed by atoms with Crippen molar-refractivity contribution in [3.8, 4) is 0 Å². The number of carbonyl (C=O) groups is 3. The van der Waals surface area contributed by atoms with Gasteiger partial charge in [0.25, 0.3) is 0 Å². The van der Waals surface area contributed by atoms with E-state index in [-0.39, 0.29) is 11.8 Å². The molecule has 31 heavy (non-hydrogen) atoms. The fraction of sp³-hybridized carbons (Fsp3) is 0.640. The molecule has 4 bridgehead atoms. The third kappa shape index (κ3) is 5.06. The van der Waals surface area contributed by atoms with Gasteiger partial charge in [0.1, 0.15) is 12.3 Å². The van der Waals surface area contributed by atoms with Crippen LogP contribution in [0.2, 0.25) is 0 Å². The first kappa shape index (κ1) is 22.5. The van der Waals surface area contributed by atoms with Gasteiger partial charge in [0.15, 0.2) is 5.12 Å². The molecule has 1 aromatic carbocycles. The Hall–Kier alpha value is -1.66. The molecule has 2 N–H and O–H groups in total. The molecule has 1 aromatic rings. The van der Waals surface area contributed by atoms with E-state index in [0.29, 0.717) is 29.1 Å². The minimum absolute atomic E-state index is 0.167. The smallest absolute Gasteiger partial charge is 0.320 e. The summed E-state index contributed by atoms with van der Waals surface area (Å²) in [6.45, 7) is 1.55. The topological polar surface area (TPSA) is 83.5 Å². The first-order valence-electron chi connectivity index (χ1n) is 11.6. The molecule has 0 spiro atoms. The van der Waals surface area contributed by atoms with Gasteiger partial charge in [-0.05, 0) is 74.7 Å². The van der Waals surface area contributed by atoms with Gasteiger partial charge in [-0.15, -0.1) is 0 Å². The number of aldehydes is 1. The summed E-state index contributed by atoms with van der Waals surface area (Å²) in [5, 5.41) is 12.5. The first-order chi connectivity index (χ1) is 15.0. The van der Waals surface area contributed by atoms with E-state index >= 15 is 0 Å². The highest BCUT2D eigenvalue weighted by Crippen LogP contribution is 2.57. The minimum atomic E-state index is -0.981. The molecule has 6 heteroatoms. The lowest BCUT2D eigenvalue weighted by Crippen LogP contribution is -2.47. The quantitative estimate of drug-likeness (QED) is 0.529. The minimum Gasteiger partial charge on any atom is -0.480 e. The SMILES string of the molecule is C[C@H](NC(C=O)C(CCSC(=O)C1C2CC3CC(C2)CC1C3)c1ccccc1)C(=O)O. The van der Waals surface area contributed by atoms with Gasteiger partial charge in [0.2, 0.25) is 0 Å². The summed E-state index contributed by atoms with van der Waals surface area (Å²) in [6.07, 6.45) is 7.79. The second-order valence-corrected chi connectivity index (χ2v) is 10.9. The number of benzene rings is 1. The van der Waals surface area contributed by atoms with Crippen molar-refractivity contribution in [1.82, 2.24) is 5.32 Å². The molecule has 3 atom stereocenters. The van der Waals surface area contributed by atoms with E-state index in [4.69, 9.17) is 0 Å². The third-order valence-electron chi connectivity index (χ3n) is 7.79. The second kappa shape index (κ2) is 9.86. The highest BCUT2D eigenvalue weighted by Gasteiger charge is 2.50. The summed E-state index contributed by atoms with van der Waals surface area (Å²) in [5.74, 6) is 2.60. The van der Waals surface area contributed by atoms with Crippen LogP contribution in [0.4, 0.5) is 0 Å². The lowest BCUT2D eigenvalue weighted by atomic mass is 9.52. The van der Waals surface area contributed by atoms with Crippen molar-refractivity contribution in [2.75, 3.05) is 5.75 Å². The van der Waals surface area contributed by atoms with Crippen LogP contribution in [0.1, 0.15) is 56.9 Å². The van der Waals surface area contributed by atoms with E-state index in [9.17, 15) is 19.5 Å². The lowest BCUT2D eigenvalue weighted by Gasteiger charge is -2.53. The van der Waals surface area contributed by atoms with Crippen molar-refractivity contribution in [3.05, 3.63) is 35.9 Å². The molecule has 5 nitrogen and oxygen atoms in total. The third-order valence-corrected chi connectivity index (χ3v) is 8.79. The summed E-state index contributed by atoms with van der Waals surface area (Å²) in [6, 6.07) is 8.30. The summed E-state index contributed by atoms with van der Waals surface area (Å²) < 4.78 is 0. The number of nitrogens with one attached hydrogen (secondary N) is 1. The van der Waals surface area contributed by atoms with Crippen molar-refractivity contribution in [2.24, 2.45) is 29.6 Å². The molecule has 4 aliphatic carbocycles. The number of thioether (sulfide) groups is 1. The zero-order valence-electron chi connectivity index (χ0n) is 18.1. The van der Waals surface area contributed by atoms with E-state index in [1.54, 1.807) is 6.92 Å². The molecule has 5 rings (SSSR count). The normalized spacial score (nSPS) is 31.7. The molecular formula is C25H33NO4S. The summed E-state index contributed by atoms with van der Waals surface area (Å²) in [7, 11) is 0. The fourth-order valence-electron chi connectivity index (χ4n) is 6.56. The Morgan fingerprint density at radius 1 is 1.10 bits per heavy atom. The standard InChI is InChI=1S/C25H33NO4S/c1-15(24(28)29)26-22(14-27)21(18-5-3-2-4-6-18)7-8-31-25(30)23-19-10-16-9-17(12-19)13-20(23)11-16/h2-6,14-17,19-23,26H,7-13H2,1H3,(H,28,29)/t15-,16?,17?,19?,20?,21?,22?,23?/m0/s1. The van der Waals surface area contributed by atoms with Crippen LogP contribution in [0, 0.1) is 29.6 Å². The number of carbonyl (C=O) groups excluding carboxylic acids is 2. The largest absolute Gasteiger partial charge is 0.480 e.